The van der Waals surface area contributed by atoms with Gasteiger partial charge >= 0.3 is 0 Å². The Labute approximate surface area is 97.1 Å². The number of hydrogen-bond donors (Lipinski definition) is 1. The summed E-state index contributed by atoms with van der Waals surface area (Å²) in [5.41, 5.74) is 1.28. The van der Waals surface area contributed by atoms with Crippen LogP contribution in [0.25, 0.3) is 0 Å². The van der Waals surface area contributed by atoms with Crippen molar-refractivity contribution in [3.63, 3.8) is 0 Å². The molecule has 16 heavy (non-hydrogen) atoms. The number of nitrogens with one attached hydrogen (secondary N) is 1. The highest BCUT2D eigenvalue weighted by Gasteiger charge is 2.25. The van der Waals surface area contributed by atoms with Crippen molar-refractivity contribution in [2.75, 3.05) is 0 Å². The quantitative estimate of drug-likeness (QED) is 0.825. The molecule has 1 atom stereocenters. The fraction of sp³-hybridized carbons (Fsp3) is 0.500. The summed E-state index contributed by atoms with van der Waals surface area (Å²) in [6.45, 7) is 2.07. The van der Waals surface area contributed by atoms with E-state index in [2.05, 4.69) is 24.4 Å². The maximum atomic E-state index is 11.7. The lowest BCUT2D eigenvalue weighted by Gasteiger charge is -2.26. The van der Waals surface area contributed by atoms with E-state index < -0.39 is 0 Å². The van der Waals surface area contributed by atoms with Crippen LogP contribution in [-0.2, 0) is 11.2 Å². The number of hydrogen-bond acceptors (Lipinski definition) is 1. The second kappa shape index (κ2) is 5.15. The minimum Gasteiger partial charge on any atom is -0.353 e. The number of carbonyl (C=O) groups is 1. The molecule has 0 unspecified atom stereocenters. The third-order valence-electron chi connectivity index (χ3n) is 3.25. The molecule has 1 fully saturated rings. The van der Waals surface area contributed by atoms with E-state index in [0.717, 1.165) is 19.3 Å². The molecular formula is C14H19NO. The van der Waals surface area contributed by atoms with Crippen LogP contribution in [0.15, 0.2) is 30.3 Å². The van der Waals surface area contributed by atoms with Gasteiger partial charge in [0.1, 0.15) is 0 Å². The summed E-state index contributed by atoms with van der Waals surface area (Å²) in [4.78, 5) is 11.7. The van der Waals surface area contributed by atoms with Crippen LogP contribution in [-0.4, -0.2) is 11.9 Å². The fourth-order valence-electron chi connectivity index (χ4n) is 2.05. The maximum Gasteiger partial charge on any atom is 0.223 e. The van der Waals surface area contributed by atoms with E-state index in [9.17, 15) is 4.79 Å². The van der Waals surface area contributed by atoms with Crippen molar-refractivity contribution in [3.8, 4) is 0 Å². The van der Waals surface area contributed by atoms with Crippen LogP contribution in [0.5, 0.6) is 0 Å². The Morgan fingerprint density at radius 2 is 2.06 bits per heavy atom. The molecule has 1 aliphatic carbocycles. The standard InChI is InChI=1S/C14H19NO/c1-11(10-12-6-3-2-4-7-12)15-14(16)13-8-5-9-13/h2-4,6-7,11,13H,5,8-10H2,1H3,(H,15,16)/t11-/m1/s1. The molecule has 0 saturated heterocycles. The molecule has 1 aromatic rings. The van der Waals surface area contributed by atoms with Crippen LogP contribution in [0.3, 0.4) is 0 Å². The third-order valence-corrected chi connectivity index (χ3v) is 3.25. The average molecular weight is 217 g/mol. The maximum absolute atomic E-state index is 11.7. The van der Waals surface area contributed by atoms with E-state index in [-0.39, 0.29) is 11.9 Å². The molecule has 86 valence electrons. The van der Waals surface area contributed by atoms with Crippen LogP contribution in [0.1, 0.15) is 31.7 Å². The lowest BCUT2D eigenvalue weighted by molar-refractivity contribution is -0.127. The van der Waals surface area contributed by atoms with Gasteiger partial charge in [-0.3, -0.25) is 4.79 Å². The first-order chi connectivity index (χ1) is 7.75. The van der Waals surface area contributed by atoms with Gasteiger partial charge in [-0.25, -0.2) is 0 Å². The molecule has 1 aliphatic rings. The lowest BCUT2D eigenvalue weighted by Crippen LogP contribution is -2.40. The lowest BCUT2D eigenvalue weighted by atomic mass is 9.84. The first-order valence-corrected chi connectivity index (χ1v) is 6.10. The monoisotopic (exact) mass is 217 g/mol. The first kappa shape index (κ1) is 11.2. The topological polar surface area (TPSA) is 29.1 Å². The van der Waals surface area contributed by atoms with Crippen molar-refractivity contribution in [2.24, 2.45) is 5.92 Å². The van der Waals surface area contributed by atoms with E-state index in [1.165, 1.54) is 12.0 Å². The molecule has 0 heterocycles. The molecule has 2 heteroatoms. The van der Waals surface area contributed by atoms with E-state index in [1.54, 1.807) is 0 Å². The van der Waals surface area contributed by atoms with Crippen molar-refractivity contribution in [3.05, 3.63) is 35.9 Å². The van der Waals surface area contributed by atoms with Crippen molar-refractivity contribution in [1.82, 2.24) is 5.32 Å². The Bertz CT molecular complexity index is 343. The Hall–Kier alpha value is -1.31. The Morgan fingerprint density at radius 3 is 2.62 bits per heavy atom. The predicted octanol–water partition coefficient (Wildman–Crippen LogP) is 2.53. The summed E-state index contributed by atoms with van der Waals surface area (Å²) in [6, 6.07) is 10.5. The molecule has 0 spiro atoms. The summed E-state index contributed by atoms with van der Waals surface area (Å²) >= 11 is 0. The van der Waals surface area contributed by atoms with E-state index >= 15 is 0 Å². The molecule has 1 saturated carbocycles. The second-order valence-corrected chi connectivity index (χ2v) is 4.73. The van der Waals surface area contributed by atoms with Crippen molar-refractivity contribution >= 4 is 5.91 Å². The van der Waals surface area contributed by atoms with E-state index in [1.807, 2.05) is 18.2 Å². The first-order valence-electron chi connectivity index (χ1n) is 6.10. The molecule has 0 bridgehead atoms. The zero-order valence-corrected chi connectivity index (χ0v) is 9.78. The fourth-order valence-corrected chi connectivity index (χ4v) is 2.05. The molecule has 1 N–H and O–H groups in total. The van der Waals surface area contributed by atoms with E-state index in [4.69, 9.17) is 0 Å². The predicted molar refractivity (Wildman–Crippen MR) is 65.1 cm³/mol. The van der Waals surface area contributed by atoms with Gasteiger partial charge in [-0.2, -0.15) is 0 Å². The summed E-state index contributed by atoms with van der Waals surface area (Å²) < 4.78 is 0. The van der Waals surface area contributed by atoms with Gasteiger partial charge in [-0.15, -0.1) is 0 Å². The summed E-state index contributed by atoms with van der Waals surface area (Å²) in [5, 5.41) is 3.09. The average Bonchev–Trinajstić information content (AvgIpc) is 2.15. The number of amides is 1. The number of benzene rings is 1. The minimum absolute atomic E-state index is 0.232. The van der Waals surface area contributed by atoms with Crippen LogP contribution < -0.4 is 5.32 Å². The van der Waals surface area contributed by atoms with Crippen LogP contribution in [0.4, 0.5) is 0 Å². The molecule has 2 nitrogen and oxygen atoms in total. The van der Waals surface area contributed by atoms with Gasteiger partial charge in [0.05, 0.1) is 0 Å². The zero-order valence-electron chi connectivity index (χ0n) is 9.78. The summed E-state index contributed by atoms with van der Waals surface area (Å²) in [6.07, 6.45) is 4.28. The third kappa shape index (κ3) is 2.84. The Morgan fingerprint density at radius 1 is 1.38 bits per heavy atom. The van der Waals surface area contributed by atoms with Crippen LogP contribution >= 0.6 is 0 Å². The van der Waals surface area contributed by atoms with Gasteiger partial charge in [0.2, 0.25) is 5.91 Å². The number of carbonyl (C=O) groups excluding carboxylic acids is 1. The van der Waals surface area contributed by atoms with Gasteiger partial charge in [0.25, 0.3) is 0 Å². The minimum atomic E-state index is 0.232. The van der Waals surface area contributed by atoms with Crippen molar-refractivity contribution in [2.45, 2.75) is 38.6 Å². The van der Waals surface area contributed by atoms with Crippen LogP contribution in [0.2, 0.25) is 0 Å². The molecule has 1 amide bonds. The van der Waals surface area contributed by atoms with Gasteiger partial charge in [0.15, 0.2) is 0 Å². The zero-order chi connectivity index (χ0) is 11.4. The molecular weight excluding hydrogens is 198 g/mol. The van der Waals surface area contributed by atoms with Crippen molar-refractivity contribution < 1.29 is 4.79 Å². The highest BCUT2D eigenvalue weighted by Crippen LogP contribution is 2.26. The molecule has 0 aromatic heterocycles. The number of rotatable bonds is 4. The smallest absolute Gasteiger partial charge is 0.223 e. The highest BCUT2D eigenvalue weighted by atomic mass is 16.1. The van der Waals surface area contributed by atoms with Crippen LogP contribution in [0, 0.1) is 5.92 Å². The summed E-state index contributed by atoms with van der Waals surface area (Å²) in [5.74, 6) is 0.535. The molecule has 0 radical (unpaired) electrons. The van der Waals surface area contributed by atoms with Gasteiger partial charge < -0.3 is 5.32 Å². The normalized spacial score (nSPS) is 17.6. The second-order valence-electron chi connectivity index (χ2n) is 4.73. The van der Waals surface area contributed by atoms with Gasteiger partial charge in [-0.1, -0.05) is 36.8 Å². The summed E-state index contributed by atoms with van der Waals surface area (Å²) in [7, 11) is 0. The largest absolute Gasteiger partial charge is 0.353 e. The Kier molecular flexibility index (Phi) is 3.60. The SMILES string of the molecule is C[C@H](Cc1ccccc1)NC(=O)C1CCC1. The van der Waals surface area contributed by atoms with Gasteiger partial charge in [-0.05, 0) is 31.7 Å². The van der Waals surface area contributed by atoms with Crippen molar-refractivity contribution in [1.29, 1.82) is 0 Å². The molecule has 2 rings (SSSR count). The molecule has 0 aliphatic heterocycles. The highest BCUT2D eigenvalue weighted by molar-refractivity contribution is 5.79. The van der Waals surface area contributed by atoms with Gasteiger partial charge in [0, 0.05) is 12.0 Å². The Balaban J connectivity index is 1.79. The van der Waals surface area contributed by atoms with E-state index in [0.29, 0.717) is 5.92 Å². The molecule has 1 aromatic carbocycles.